The Morgan fingerprint density at radius 1 is 1.27 bits per heavy atom. The summed E-state index contributed by atoms with van der Waals surface area (Å²) >= 11 is 11.9. The van der Waals surface area contributed by atoms with Crippen LogP contribution in [0.15, 0.2) is 18.2 Å². The molecule has 0 bridgehead atoms. The Morgan fingerprint density at radius 3 is 2.67 bits per heavy atom. The standard InChI is InChI=1S/C11H7Cl2NO/c1-6-2-10(13)9-4-8(12)3-7(5-15)11(9)14-6/h2-5H,1H3. The summed E-state index contributed by atoms with van der Waals surface area (Å²) in [5.41, 5.74) is 1.83. The average Bonchev–Trinajstić information content (AvgIpc) is 2.18. The number of benzene rings is 1. The molecule has 1 aromatic heterocycles. The van der Waals surface area contributed by atoms with Gasteiger partial charge >= 0.3 is 0 Å². The van der Waals surface area contributed by atoms with Crippen molar-refractivity contribution in [1.82, 2.24) is 4.98 Å². The second-order valence-corrected chi connectivity index (χ2v) is 4.10. The van der Waals surface area contributed by atoms with Crippen molar-refractivity contribution in [1.29, 1.82) is 0 Å². The van der Waals surface area contributed by atoms with Gasteiger partial charge in [0.25, 0.3) is 0 Å². The van der Waals surface area contributed by atoms with Crippen LogP contribution < -0.4 is 0 Å². The number of hydrogen-bond acceptors (Lipinski definition) is 2. The highest BCUT2D eigenvalue weighted by molar-refractivity contribution is 6.37. The van der Waals surface area contributed by atoms with Crippen LogP contribution in [0.25, 0.3) is 10.9 Å². The summed E-state index contributed by atoms with van der Waals surface area (Å²) in [7, 11) is 0. The first-order chi connectivity index (χ1) is 7.11. The van der Waals surface area contributed by atoms with Crippen LogP contribution in [0, 0.1) is 6.92 Å². The van der Waals surface area contributed by atoms with Crippen molar-refractivity contribution >= 4 is 40.4 Å². The lowest BCUT2D eigenvalue weighted by atomic mass is 10.1. The number of rotatable bonds is 1. The average molecular weight is 240 g/mol. The number of pyridine rings is 1. The number of aldehydes is 1. The number of nitrogens with zero attached hydrogens (tertiary/aromatic N) is 1. The Bertz CT molecular complexity index is 552. The number of hydrogen-bond donors (Lipinski definition) is 0. The number of halogens is 2. The number of carbonyl (C=O) groups is 1. The van der Waals surface area contributed by atoms with Crippen LogP contribution in [0.1, 0.15) is 16.1 Å². The van der Waals surface area contributed by atoms with Gasteiger partial charge in [-0.05, 0) is 25.1 Å². The van der Waals surface area contributed by atoms with E-state index in [-0.39, 0.29) is 0 Å². The van der Waals surface area contributed by atoms with Crippen molar-refractivity contribution in [3.05, 3.63) is 39.5 Å². The van der Waals surface area contributed by atoms with Crippen molar-refractivity contribution in [3.8, 4) is 0 Å². The molecule has 2 rings (SSSR count). The van der Waals surface area contributed by atoms with Crippen LogP contribution in [0.4, 0.5) is 0 Å². The molecule has 2 nitrogen and oxygen atoms in total. The van der Waals surface area contributed by atoms with Crippen LogP contribution >= 0.6 is 23.2 Å². The highest BCUT2D eigenvalue weighted by atomic mass is 35.5. The molecule has 0 atom stereocenters. The van der Waals surface area contributed by atoms with E-state index in [1.165, 1.54) is 0 Å². The summed E-state index contributed by atoms with van der Waals surface area (Å²) in [5.74, 6) is 0. The molecule has 0 fully saturated rings. The van der Waals surface area contributed by atoms with Crippen LogP contribution in [0.2, 0.25) is 10.0 Å². The summed E-state index contributed by atoms with van der Waals surface area (Å²) in [4.78, 5) is 15.1. The number of aryl methyl sites for hydroxylation is 1. The van der Waals surface area contributed by atoms with Crippen LogP contribution in [0.5, 0.6) is 0 Å². The van der Waals surface area contributed by atoms with E-state index >= 15 is 0 Å². The van der Waals surface area contributed by atoms with Crippen LogP contribution in [-0.4, -0.2) is 11.3 Å². The number of aromatic nitrogens is 1. The molecule has 0 aliphatic heterocycles. The fourth-order valence-corrected chi connectivity index (χ4v) is 2.02. The first kappa shape index (κ1) is 10.4. The highest BCUT2D eigenvalue weighted by Crippen LogP contribution is 2.28. The molecule has 76 valence electrons. The topological polar surface area (TPSA) is 30.0 Å². The summed E-state index contributed by atoms with van der Waals surface area (Å²) in [6.45, 7) is 1.83. The lowest BCUT2D eigenvalue weighted by molar-refractivity contribution is 0.112. The van der Waals surface area contributed by atoms with Crippen molar-refractivity contribution in [2.45, 2.75) is 6.92 Å². The van der Waals surface area contributed by atoms with Gasteiger partial charge in [-0.15, -0.1) is 0 Å². The zero-order valence-electron chi connectivity index (χ0n) is 7.92. The third-order valence-electron chi connectivity index (χ3n) is 2.11. The maximum absolute atomic E-state index is 10.9. The zero-order chi connectivity index (χ0) is 11.0. The van der Waals surface area contributed by atoms with Gasteiger partial charge in [0, 0.05) is 21.7 Å². The molecule has 0 aliphatic carbocycles. The summed E-state index contributed by atoms with van der Waals surface area (Å²) in [6, 6.07) is 5.03. The molecule has 0 aliphatic rings. The normalized spacial score (nSPS) is 10.6. The Hall–Kier alpha value is -1.12. The van der Waals surface area contributed by atoms with Gasteiger partial charge in [-0.1, -0.05) is 23.2 Å². The minimum Gasteiger partial charge on any atom is -0.298 e. The van der Waals surface area contributed by atoms with E-state index in [1.807, 2.05) is 6.92 Å². The molecule has 0 unspecified atom stereocenters. The molecule has 1 aromatic carbocycles. The maximum atomic E-state index is 10.9. The van der Waals surface area contributed by atoms with E-state index in [1.54, 1.807) is 18.2 Å². The van der Waals surface area contributed by atoms with Crippen LogP contribution in [0.3, 0.4) is 0 Å². The van der Waals surface area contributed by atoms with Gasteiger partial charge in [-0.2, -0.15) is 0 Å². The zero-order valence-corrected chi connectivity index (χ0v) is 9.43. The van der Waals surface area contributed by atoms with Gasteiger partial charge in [-0.25, -0.2) is 0 Å². The maximum Gasteiger partial charge on any atom is 0.152 e. The predicted molar refractivity (Wildman–Crippen MR) is 61.9 cm³/mol. The third kappa shape index (κ3) is 1.83. The van der Waals surface area contributed by atoms with Crippen molar-refractivity contribution < 1.29 is 4.79 Å². The monoisotopic (exact) mass is 239 g/mol. The molecule has 2 aromatic rings. The smallest absolute Gasteiger partial charge is 0.152 e. The second kappa shape index (κ2) is 3.80. The summed E-state index contributed by atoms with van der Waals surface area (Å²) in [5, 5.41) is 1.75. The SMILES string of the molecule is Cc1cc(Cl)c2cc(Cl)cc(C=O)c2n1. The van der Waals surface area contributed by atoms with E-state index in [0.29, 0.717) is 26.5 Å². The minimum atomic E-state index is 0.461. The largest absolute Gasteiger partial charge is 0.298 e. The van der Waals surface area contributed by atoms with Gasteiger partial charge < -0.3 is 0 Å². The first-order valence-corrected chi connectivity index (χ1v) is 5.09. The Balaban J connectivity index is 2.95. The van der Waals surface area contributed by atoms with E-state index in [4.69, 9.17) is 23.2 Å². The quantitative estimate of drug-likeness (QED) is 0.712. The molecule has 15 heavy (non-hydrogen) atoms. The minimum absolute atomic E-state index is 0.461. The second-order valence-electron chi connectivity index (χ2n) is 3.25. The van der Waals surface area contributed by atoms with Crippen molar-refractivity contribution in [2.75, 3.05) is 0 Å². The van der Waals surface area contributed by atoms with E-state index < -0.39 is 0 Å². The molecule has 0 saturated carbocycles. The van der Waals surface area contributed by atoms with Crippen molar-refractivity contribution in [3.63, 3.8) is 0 Å². The molecule has 0 amide bonds. The first-order valence-electron chi connectivity index (χ1n) is 4.33. The van der Waals surface area contributed by atoms with E-state index in [0.717, 1.165) is 12.0 Å². The molecular weight excluding hydrogens is 233 g/mol. The highest BCUT2D eigenvalue weighted by Gasteiger charge is 2.08. The van der Waals surface area contributed by atoms with E-state index in [9.17, 15) is 4.79 Å². The third-order valence-corrected chi connectivity index (χ3v) is 2.64. The predicted octanol–water partition coefficient (Wildman–Crippen LogP) is 3.66. The fraction of sp³-hybridized carbons (Fsp3) is 0.0909. The Morgan fingerprint density at radius 2 is 2.00 bits per heavy atom. The summed E-state index contributed by atoms with van der Waals surface area (Å²) in [6.07, 6.45) is 0.733. The Kier molecular flexibility index (Phi) is 2.63. The lowest BCUT2D eigenvalue weighted by Gasteiger charge is -2.04. The van der Waals surface area contributed by atoms with Crippen LogP contribution in [-0.2, 0) is 0 Å². The molecular formula is C11H7Cl2NO. The molecule has 0 N–H and O–H groups in total. The van der Waals surface area contributed by atoms with E-state index in [2.05, 4.69) is 4.98 Å². The van der Waals surface area contributed by atoms with Gasteiger partial charge in [0.1, 0.15) is 0 Å². The fourth-order valence-electron chi connectivity index (χ4n) is 1.49. The van der Waals surface area contributed by atoms with Crippen molar-refractivity contribution in [2.24, 2.45) is 0 Å². The molecule has 1 heterocycles. The van der Waals surface area contributed by atoms with Gasteiger partial charge in [0.05, 0.1) is 10.5 Å². The number of fused-ring (bicyclic) bond motifs is 1. The Labute approximate surface area is 96.8 Å². The molecule has 0 saturated heterocycles. The molecule has 0 radical (unpaired) electrons. The van der Waals surface area contributed by atoms with Gasteiger partial charge in [0.15, 0.2) is 6.29 Å². The number of carbonyl (C=O) groups excluding carboxylic acids is 1. The molecule has 0 spiro atoms. The molecule has 4 heteroatoms. The van der Waals surface area contributed by atoms with Gasteiger partial charge in [-0.3, -0.25) is 9.78 Å². The summed E-state index contributed by atoms with van der Waals surface area (Å²) < 4.78 is 0. The van der Waals surface area contributed by atoms with Gasteiger partial charge in [0.2, 0.25) is 0 Å². The lowest BCUT2D eigenvalue weighted by Crippen LogP contribution is -1.91.